The van der Waals surface area contributed by atoms with E-state index in [2.05, 4.69) is 127 Å². The van der Waals surface area contributed by atoms with Gasteiger partial charge in [0.15, 0.2) is 0 Å². The summed E-state index contributed by atoms with van der Waals surface area (Å²) in [6.07, 6.45) is 6.32. The number of benzene rings is 4. The lowest BCUT2D eigenvalue weighted by atomic mass is 9.90. The van der Waals surface area contributed by atoms with E-state index < -0.39 is 0 Å². The third kappa shape index (κ3) is 2.87. The van der Waals surface area contributed by atoms with Crippen LogP contribution in [-0.4, -0.2) is 18.7 Å². The number of aryl methyl sites for hydroxylation is 1. The van der Waals surface area contributed by atoms with Gasteiger partial charge in [0, 0.05) is 30.9 Å². The van der Waals surface area contributed by atoms with Crippen LogP contribution in [0.4, 0.5) is 5.69 Å². The molecule has 0 aliphatic heterocycles. The molecule has 0 spiro atoms. The number of imidazole rings is 1. The SMILES string of the molecule is CN(C)c1ccc2ccccc2c1-c1c(-n2cc[n+](C)c2)ccc2ccccc12. The molecule has 0 aliphatic carbocycles. The Hall–Kier alpha value is -3.59. The molecule has 5 rings (SSSR count). The van der Waals surface area contributed by atoms with E-state index in [0.717, 1.165) is 0 Å². The van der Waals surface area contributed by atoms with E-state index in [1.165, 1.54) is 44.0 Å². The number of rotatable bonds is 3. The predicted molar refractivity (Wildman–Crippen MR) is 122 cm³/mol. The quantitative estimate of drug-likeness (QED) is 0.386. The maximum atomic E-state index is 2.24. The van der Waals surface area contributed by atoms with Crippen LogP contribution in [0, 0.1) is 0 Å². The zero-order valence-corrected chi connectivity index (χ0v) is 17.0. The molecular weight excluding hydrogens is 354 g/mol. The van der Waals surface area contributed by atoms with Crippen LogP contribution in [0.2, 0.25) is 0 Å². The van der Waals surface area contributed by atoms with Crippen molar-refractivity contribution in [2.45, 2.75) is 0 Å². The third-order valence-corrected chi connectivity index (χ3v) is 5.59. The molecule has 1 aromatic heterocycles. The van der Waals surface area contributed by atoms with Gasteiger partial charge in [-0.2, -0.15) is 0 Å². The van der Waals surface area contributed by atoms with Crippen molar-refractivity contribution in [2.75, 3.05) is 19.0 Å². The first kappa shape index (κ1) is 17.5. The highest BCUT2D eigenvalue weighted by Crippen LogP contribution is 2.43. The highest BCUT2D eigenvalue weighted by atomic mass is 15.1. The molecule has 1 heterocycles. The Morgan fingerprint density at radius 3 is 1.97 bits per heavy atom. The van der Waals surface area contributed by atoms with E-state index in [1.807, 2.05) is 0 Å². The summed E-state index contributed by atoms with van der Waals surface area (Å²) < 4.78 is 4.29. The first-order chi connectivity index (χ1) is 14.1. The largest absolute Gasteiger partial charge is 0.377 e. The lowest BCUT2D eigenvalue weighted by Crippen LogP contribution is -2.23. The van der Waals surface area contributed by atoms with E-state index >= 15 is 0 Å². The zero-order chi connectivity index (χ0) is 20.0. The van der Waals surface area contributed by atoms with Gasteiger partial charge in [-0.15, -0.1) is 0 Å². The molecule has 0 saturated carbocycles. The Labute approximate surface area is 171 Å². The molecule has 0 bridgehead atoms. The minimum absolute atomic E-state index is 1.18. The summed E-state index contributed by atoms with van der Waals surface area (Å²) in [6.45, 7) is 0. The Bertz CT molecular complexity index is 1340. The van der Waals surface area contributed by atoms with Crippen LogP contribution >= 0.6 is 0 Å². The molecule has 0 unspecified atom stereocenters. The summed E-state index contributed by atoms with van der Waals surface area (Å²) >= 11 is 0. The van der Waals surface area contributed by atoms with Gasteiger partial charge < -0.3 is 4.90 Å². The van der Waals surface area contributed by atoms with Crippen molar-refractivity contribution in [1.29, 1.82) is 0 Å². The van der Waals surface area contributed by atoms with Crippen molar-refractivity contribution in [3.63, 3.8) is 0 Å². The number of hydrogen-bond donors (Lipinski definition) is 0. The van der Waals surface area contributed by atoms with Gasteiger partial charge >= 0.3 is 0 Å². The topological polar surface area (TPSA) is 12.1 Å². The fourth-order valence-corrected chi connectivity index (χ4v) is 4.23. The fourth-order valence-electron chi connectivity index (χ4n) is 4.23. The smallest absolute Gasteiger partial charge is 0.248 e. The van der Waals surface area contributed by atoms with E-state index in [9.17, 15) is 0 Å². The number of anilines is 1. The number of nitrogens with zero attached hydrogens (tertiary/aromatic N) is 3. The number of hydrogen-bond acceptors (Lipinski definition) is 1. The predicted octanol–water partition coefficient (Wildman–Crippen LogP) is 5.34. The lowest BCUT2D eigenvalue weighted by Gasteiger charge is -2.22. The summed E-state index contributed by atoms with van der Waals surface area (Å²) in [6, 6.07) is 26.2. The second-order valence-electron chi connectivity index (χ2n) is 7.74. The zero-order valence-electron chi connectivity index (χ0n) is 17.0. The van der Waals surface area contributed by atoms with Gasteiger partial charge in [-0.25, -0.2) is 9.13 Å². The van der Waals surface area contributed by atoms with Crippen LogP contribution in [0.15, 0.2) is 91.5 Å². The summed E-state index contributed by atoms with van der Waals surface area (Å²) in [4.78, 5) is 2.21. The van der Waals surface area contributed by atoms with Crippen molar-refractivity contribution in [2.24, 2.45) is 7.05 Å². The Morgan fingerprint density at radius 1 is 0.724 bits per heavy atom. The first-order valence-corrected chi connectivity index (χ1v) is 9.88. The highest BCUT2D eigenvalue weighted by Gasteiger charge is 2.21. The van der Waals surface area contributed by atoms with E-state index in [1.54, 1.807) is 0 Å². The van der Waals surface area contributed by atoms with E-state index in [-0.39, 0.29) is 0 Å². The van der Waals surface area contributed by atoms with Crippen LogP contribution in [0.5, 0.6) is 0 Å². The lowest BCUT2D eigenvalue weighted by molar-refractivity contribution is -0.670. The van der Waals surface area contributed by atoms with Crippen LogP contribution < -0.4 is 9.47 Å². The van der Waals surface area contributed by atoms with Crippen molar-refractivity contribution < 1.29 is 4.57 Å². The normalized spacial score (nSPS) is 11.3. The van der Waals surface area contributed by atoms with Crippen molar-refractivity contribution >= 4 is 27.2 Å². The van der Waals surface area contributed by atoms with Gasteiger partial charge in [-0.1, -0.05) is 60.7 Å². The number of aromatic nitrogens is 2. The van der Waals surface area contributed by atoms with Crippen LogP contribution in [-0.2, 0) is 7.05 Å². The molecule has 29 heavy (non-hydrogen) atoms. The molecule has 0 amide bonds. The average Bonchev–Trinajstić information content (AvgIpc) is 3.18. The van der Waals surface area contributed by atoms with Crippen molar-refractivity contribution in [1.82, 2.24) is 4.57 Å². The van der Waals surface area contributed by atoms with Gasteiger partial charge in [0.25, 0.3) is 0 Å². The third-order valence-electron chi connectivity index (χ3n) is 5.59. The molecule has 5 aromatic rings. The van der Waals surface area contributed by atoms with Crippen molar-refractivity contribution in [3.8, 4) is 16.8 Å². The molecule has 0 N–H and O–H groups in total. The second kappa shape index (κ2) is 6.78. The summed E-state index contributed by atoms with van der Waals surface area (Å²) in [5, 5.41) is 5.04. The van der Waals surface area contributed by atoms with Crippen LogP contribution in [0.3, 0.4) is 0 Å². The van der Waals surface area contributed by atoms with Crippen molar-refractivity contribution in [3.05, 3.63) is 91.5 Å². The molecule has 0 atom stereocenters. The Morgan fingerprint density at radius 2 is 1.34 bits per heavy atom. The van der Waals surface area contributed by atoms with Gasteiger partial charge in [0.1, 0.15) is 18.1 Å². The highest BCUT2D eigenvalue weighted by molar-refractivity contribution is 6.12. The van der Waals surface area contributed by atoms with Gasteiger partial charge in [-0.05, 0) is 33.7 Å². The minimum Gasteiger partial charge on any atom is -0.377 e. The van der Waals surface area contributed by atoms with Gasteiger partial charge in [-0.3, -0.25) is 0 Å². The molecule has 0 radical (unpaired) electrons. The molecule has 3 nitrogen and oxygen atoms in total. The molecule has 0 saturated heterocycles. The maximum Gasteiger partial charge on any atom is 0.248 e. The van der Waals surface area contributed by atoms with Gasteiger partial charge in [0.05, 0.1) is 7.05 Å². The molecule has 3 heteroatoms. The standard InChI is InChI=1S/C26H24N3/c1-27(2)23-14-12-19-8-4-6-10-21(19)25(23)26-22-11-7-5-9-20(22)13-15-24(26)29-17-16-28(3)18-29/h4-18H,1-3H3/q+1. The fraction of sp³-hybridized carbons (Fsp3) is 0.115. The van der Waals surface area contributed by atoms with Crippen LogP contribution in [0.25, 0.3) is 38.4 Å². The molecule has 0 aliphatic rings. The van der Waals surface area contributed by atoms with E-state index in [0.29, 0.717) is 0 Å². The summed E-state index contributed by atoms with van der Waals surface area (Å²) in [5.41, 5.74) is 4.94. The average molecular weight is 378 g/mol. The number of fused-ring (bicyclic) bond motifs is 2. The summed E-state index contributed by atoms with van der Waals surface area (Å²) in [5.74, 6) is 0. The molecule has 142 valence electrons. The minimum atomic E-state index is 1.18. The maximum absolute atomic E-state index is 2.24. The summed E-state index contributed by atoms with van der Waals surface area (Å²) in [7, 11) is 6.29. The first-order valence-electron chi connectivity index (χ1n) is 9.88. The molecule has 4 aromatic carbocycles. The Balaban J connectivity index is 1.99. The second-order valence-corrected chi connectivity index (χ2v) is 7.74. The van der Waals surface area contributed by atoms with E-state index in [4.69, 9.17) is 0 Å². The Kier molecular flexibility index (Phi) is 4.09. The van der Waals surface area contributed by atoms with Gasteiger partial charge in [0.2, 0.25) is 6.33 Å². The molecule has 0 fully saturated rings. The van der Waals surface area contributed by atoms with Crippen LogP contribution in [0.1, 0.15) is 0 Å². The molecular formula is C26H24N3+. The monoisotopic (exact) mass is 378 g/mol.